The van der Waals surface area contributed by atoms with Crippen LogP contribution in [-0.2, 0) is 11.2 Å². The van der Waals surface area contributed by atoms with Crippen LogP contribution in [0.5, 0.6) is 0 Å². The number of hydrogen-bond donors (Lipinski definition) is 2. The fourth-order valence-corrected chi connectivity index (χ4v) is 3.89. The standard InChI is InChI=1S/C19H15BrClN3O2/c1-10-6-13(21)3-5-17(10)24-18(25)16(23-19(24)26)7-11-9-22-15-4-2-12(20)8-14(11)15/h2-6,8-9,16,22H,7H2,1H3,(H,23,26)/t16-/m0/s1. The van der Waals surface area contributed by atoms with Gasteiger partial charge in [0.1, 0.15) is 6.04 Å². The molecule has 1 saturated heterocycles. The van der Waals surface area contributed by atoms with E-state index < -0.39 is 12.1 Å². The van der Waals surface area contributed by atoms with Gasteiger partial charge in [0.2, 0.25) is 0 Å². The second kappa shape index (κ2) is 6.45. The number of aromatic amines is 1. The Bertz CT molecular complexity index is 1050. The summed E-state index contributed by atoms with van der Waals surface area (Å²) in [5.74, 6) is -0.259. The molecule has 1 atom stereocenters. The third-order valence-corrected chi connectivity index (χ3v) is 5.30. The Labute approximate surface area is 163 Å². The van der Waals surface area contributed by atoms with Crippen LogP contribution in [0.1, 0.15) is 11.1 Å². The zero-order valence-electron chi connectivity index (χ0n) is 13.8. The van der Waals surface area contributed by atoms with Gasteiger partial charge in [-0.1, -0.05) is 27.5 Å². The fraction of sp³-hybridized carbons (Fsp3) is 0.158. The maximum atomic E-state index is 12.9. The quantitative estimate of drug-likeness (QED) is 0.596. The van der Waals surface area contributed by atoms with E-state index in [4.69, 9.17) is 11.6 Å². The normalized spacial score (nSPS) is 17.2. The summed E-state index contributed by atoms with van der Waals surface area (Å²) in [4.78, 5) is 29.7. The van der Waals surface area contributed by atoms with Crippen molar-refractivity contribution in [2.45, 2.75) is 19.4 Å². The minimum Gasteiger partial charge on any atom is -0.361 e. The molecule has 0 aliphatic carbocycles. The van der Waals surface area contributed by atoms with Crippen LogP contribution in [0, 0.1) is 6.92 Å². The number of anilines is 1. The third kappa shape index (κ3) is 2.89. The van der Waals surface area contributed by atoms with Gasteiger partial charge in [0.05, 0.1) is 5.69 Å². The van der Waals surface area contributed by atoms with Crippen molar-refractivity contribution in [1.29, 1.82) is 0 Å². The highest BCUT2D eigenvalue weighted by molar-refractivity contribution is 9.10. The monoisotopic (exact) mass is 431 g/mol. The minimum absolute atomic E-state index is 0.259. The van der Waals surface area contributed by atoms with Crippen molar-refractivity contribution in [1.82, 2.24) is 10.3 Å². The first-order valence-corrected chi connectivity index (χ1v) is 9.27. The number of nitrogens with one attached hydrogen (secondary N) is 2. The summed E-state index contributed by atoms with van der Waals surface area (Å²) in [5.41, 5.74) is 3.30. The van der Waals surface area contributed by atoms with E-state index in [1.807, 2.05) is 31.3 Å². The number of amides is 3. The maximum absolute atomic E-state index is 12.9. The topological polar surface area (TPSA) is 65.2 Å². The summed E-state index contributed by atoms with van der Waals surface area (Å²) < 4.78 is 0.964. The molecule has 7 heteroatoms. The average Bonchev–Trinajstić information content (AvgIpc) is 3.10. The number of carbonyl (C=O) groups excluding carboxylic acids is 2. The summed E-state index contributed by atoms with van der Waals surface area (Å²) in [6.45, 7) is 1.83. The Kier molecular flexibility index (Phi) is 4.25. The van der Waals surface area contributed by atoms with Gasteiger partial charge in [-0.2, -0.15) is 0 Å². The largest absolute Gasteiger partial charge is 0.361 e. The van der Waals surface area contributed by atoms with Gasteiger partial charge in [-0.25, -0.2) is 9.69 Å². The highest BCUT2D eigenvalue weighted by Crippen LogP contribution is 2.29. The fourth-order valence-electron chi connectivity index (χ4n) is 3.31. The smallest absolute Gasteiger partial charge is 0.329 e. The molecular weight excluding hydrogens is 418 g/mol. The molecule has 2 heterocycles. The van der Waals surface area contributed by atoms with Gasteiger partial charge in [0, 0.05) is 33.0 Å². The Morgan fingerprint density at radius 3 is 2.77 bits per heavy atom. The van der Waals surface area contributed by atoms with Crippen molar-refractivity contribution >= 4 is 56.1 Å². The summed E-state index contributed by atoms with van der Waals surface area (Å²) in [6.07, 6.45) is 2.30. The summed E-state index contributed by atoms with van der Waals surface area (Å²) in [7, 11) is 0. The molecule has 0 spiro atoms. The molecule has 4 rings (SSSR count). The van der Waals surface area contributed by atoms with Crippen LogP contribution < -0.4 is 10.2 Å². The second-order valence-electron chi connectivity index (χ2n) is 6.31. The predicted molar refractivity (Wildman–Crippen MR) is 106 cm³/mol. The summed E-state index contributed by atoms with van der Waals surface area (Å²) in [5, 5.41) is 4.39. The number of fused-ring (bicyclic) bond motifs is 1. The highest BCUT2D eigenvalue weighted by atomic mass is 79.9. The molecule has 1 aromatic heterocycles. The van der Waals surface area contributed by atoms with Gasteiger partial charge in [0.15, 0.2) is 0 Å². The highest BCUT2D eigenvalue weighted by Gasteiger charge is 2.39. The van der Waals surface area contributed by atoms with Crippen LogP contribution >= 0.6 is 27.5 Å². The molecule has 26 heavy (non-hydrogen) atoms. The van der Waals surface area contributed by atoms with Crippen LogP contribution in [0.15, 0.2) is 47.1 Å². The van der Waals surface area contributed by atoms with Crippen LogP contribution in [0.25, 0.3) is 10.9 Å². The van der Waals surface area contributed by atoms with E-state index in [0.717, 1.165) is 26.5 Å². The SMILES string of the molecule is Cc1cc(Cl)ccc1N1C(=O)N[C@@H](Cc2c[nH]c3ccc(Br)cc23)C1=O. The zero-order chi connectivity index (χ0) is 18.4. The molecule has 1 fully saturated rings. The first kappa shape index (κ1) is 17.1. The van der Waals surface area contributed by atoms with Crippen molar-refractivity contribution in [3.05, 3.63) is 63.2 Å². The van der Waals surface area contributed by atoms with Crippen LogP contribution in [-0.4, -0.2) is 23.0 Å². The molecule has 2 aromatic carbocycles. The lowest BCUT2D eigenvalue weighted by atomic mass is 10.0. The van der Waals surface area contributed by atoms with Crippen molar-refractivity contribution in [3.63, 3.8) is 0 Å². The molecule has 2 N–H and O–H groups in total. The van der Waals surface area contributed by atoms with Gasteiger partial charge in [-0.3, -0.25) is 4.79 Å². The van der Waals surface area contributed by atoms with E-state index in [0.29, 0.717) is 17.1 Å². The number of aromatic nitrogens is 1. The van der Waals surface area contributed by atoms with E-state index in [1.165, 1.54) is 4.90 Å². The van der Waals surface area contributed by atoms with Gasteiger partial charge >= 0.3 is 6.03 Å². The molecule has 0 unspecified atom stereocenters. The maximum Gasteiger partial charge on any atom is 0.329 e. The van der Waals surface area contributed by atoms with Gasteiger partial charge in [0.25, 0.3) is 5.91 Å². The zero-order valence-corrected chi connectivity index (χ0v) is 16.2. The molecule has 1 aliphatic rings. The van der Waals surface area contributed by atoms with Gasteiger partial charge in [-0.15, -0.1) is 0 Å². The van der Waals surface area contributed by atoms with E-state index in [-0.39, 0.29) is 5.91 Å². The number of benzene rings is 2. The van der Waals surface area contributed by atoms with Crippen LogP contribution in [0.4, 0.5) is 10.5 Å². The number of carbonyl (C=O) groups is 2. The predicted octanol–water partition coefficient (Wildman–Crippen LogP) is 4.56. The third-order valence-electron chi connectivity index (χ3n) is 4.57. The molecule has 0 radical (unpaired) electrons. The lowest BCUT2D eigenvalue weighted by Crippen LogP contribution is -2.32. The average molecular weight is 433 g/mol. The van der Waals surface area contributed by atoms with Crippen LogP contribution in [0.3, 0.4) is 0 Å². The number of hydrogen-bond acceptors (Lipinski definition) is 2. The number of urea groups is 1. The summed E-state index contributed by atoms with van der Waals surface area (Å²) in [6, 6.07) is 10.0. The summed E-state index contributed by atoms with van der Waals surface area (Å²) >= 11 is 9.45. The van der Waals surface area contributed by atoms with Crippen molar-refractivity contribution in [2.24, 2.45) is 0 Å². The Balaban J connectivity index is 1.63. The number of aryl methyl sites for hydroxylation is 1. The second-order valence-corrected chi connectivity index (χ2v) is 7.67. The Hall–Kier alpha value is -2.31. The molecule has 0 bridgehead atoms. The van der Waals surface area contributed by atoms with Crippen molar-refractivity contribution in [2.75, 3.05) is 4.90 Å². The van der Waals surface area contributed by atoms with E-state index in [9.17, 15) is 9.59 Å². The Morgan fingerprint density at radius 1 is 1.19 bits per heavy atom. The number of rotatable bonds is 3. The molecule has 0 saturated carbocycles. The molecule has 5 nitrogen and oxygen atoms in total. The van der Waals surface area contributed by atoms with E-state index in [2.05, 4.69) is 26.2 Å². The molecule has 132 valence electrons. The Morgan fingerprint density at radius 2 is 2.00 bits per heavy atom. The van der Waals surface area contributed by atoms with Gasteiger partial charge in [-0.05, 0) is 54.4 Å². The molecule has 1 aliphatic heterocycles. The van der Waals surface area contributed by atoms with Crippen molar-refractivity contribution in [3.8, 4) is 0 Å². The number of H-pyrrole nitrogens is 1. The molecular formula is C19H15BrClN3O2. The number of imide groups is 1. The lowest BCUT2D eigenvalue weighted by molar-refractivity contribution is -0.118. The number of halogens is 2. The van der Waals surface area contributed by atoms with Crippen LogP contribution in [0.2, 0.25) is 5.02 Å². The number of nitrogens with zero attached hydrogens (tertiary/aromatic N) is 1. The molecule has 3 aromatic rings. The van der Waals surface area contributed by atoms with Crippen molar-refractivity contribution < 1.29 is 9.59 Å². The first-order chi connectivity index (χ1) is 12.4. The van der Waals surface area contributed by atoms with E-state index >= 15 is 0 Å². The minimum atomic E-state index is -0.601. The molecule has 3 amide bonds. The first-order valence-electron chi connectivity index (χ1n) is 8.10. The lowest BCUT2D eigenvalue weighted by Gasteiger charge is -2.16. The van der Waals surface area contributed by atoms with E-state index in [1.54, 1.807) is 18.2 Å². The van der Waals surface area contributed by atoms with Gasteiger partial charge < -0.3 is 10.3 Å².